The van der Waals surface area contributed by atoms with Gasteiger partial charge in [0, 0.05) is 24.2 Å². The predicted octanol–water partition coefficient (Wildman–Crippen LogP) is 1.17. The van der Waals surface area contributed by atoms with Gasteiger partial charge in [-0.25, -0.2) is 0 Å². The molecule has 2 fully saturated rings. The van der Waals surface area contributed by atoms with Gasteiger partial charge in [-0.2, -0.15) is 0 Å². The molecule has 4 rings (SSSR count). The van der Waals surface area contributed by atoms with E-state index < -0.39 is 0 Å². The molecule has 0 aliphatic carbocycles. The van der Waals surface area contributed by atoms with Gasteiger partial charge in [0.25, 0.3) is 5.91 Å². The van der Waals surface area contributed by atoms with Crippen LogP contribution in [0.4, 0.5) is 11.4 Å². The largest absolute Gasteiger partial charge is 0.508 e. The van der Waals surface area contributed by atoms with Crippen LogP contribution >= 0.6 is 0 Å². The van der Waals surface area contributed by atoms with E-state index in [1.807, 2.05) is 42.5 Å². The van der Waals surface area contributed by atoms with Crippen LogP contribution in [-0.2, 0) is 4.79 Å². The summed E-state index contributed by atoms with van der Waals surface area (Å²) < 4.78 is 0. The molecule has 0 bridgehead atoms. The van der Waals surface area contributed by atoms with Gasteiger partial charge >= 0.3 is 0 Å². The highest BCUT2D eigenvalue weighted by atomic mass is 16.3. The molecule has 5 heteroatoms. The van der Waals surface area contributed by atoms with Crippen molar-refractivity contribution < 1.29 is 19.7 Å². The van der Waals surface area contributed by atoms with E-state index in [-0.39, 0.29) is 11.7 Å². The number of benzene rings is 2. The summed E-state index contributed by atoms with van der Waals surface area (Å²) in [4.78, 5) is 18.3. The molecule has 0 atom stereocenters. The lowest BCUT2D eigenvalue weighted by atomic mass is 10.00. The van der Waals surface area contributed by atoms with E-state index in [0.29, 0.717) is 6.54 Å². The number of para-hydroxylation sites is 1. The fraction of sp³-hybridized carbons (Fsp3) is 0.458. The molecule has 0 unspecified atom stereocenters. The third kappa shape index (κ3) is 4.98. The number of amides is 1. The van der Waals surface area contributed by atoms with Crippen molar-refractivity contribution in [3.05, 3.63) is 54.6 Å². The summed E-state index contributed by atoms with van der Waals surface area (Å²) in [5.41, 5.74) is 1.67. The maximum absolute atomic E-state index is 13.3. The van der Waals surface area contributed by atoms with E-state index >= 15 is 0 Å². The molecule has 2 aliphatic rings. The van der Waals surface area contributed by atoms with Crippen LogP contribution < -0.4 is 14.7 Å². The van der Waals surface area contributed by atoms with Crippen LogP contribution in [0.5, 0.6) is 5.75 Å². The molecule has 3 N–H and O–H groups in total. The molecule has 1 amide bonds. The van der Waals surface area contributed by atoms with Crippen molar-refractivity contribution in [1.29, 1.82) is 0 Å². The van der Waals surface area contributed by atoms with Crippen molar-refractivity contribution >= 4 is 17.3 Å². The summed E-state index contributed by atoms with van der Waals surface area (Å²) in [5, 5.41) is 9.63. The third-order valence-corrected chi connectivity index (χ3v) is 6.54. The lowest BCUT2D eigenvalue weighted by Gasteiger charge is -2.36. The van der Waals surface area contributed by atoms with Crippen LogP contribution in [0.25, 0.3) is 0 Å². The van der Waals surface area contributed by atoms with Gasteiger partial charge in [0.2, 0.25) is 0 Å². The fourth-order valence-corrected chi connectivity index (χ4v) is 4.93. The Bertz CT molecular complexity index is 780. The van der Waals surface area contributed by atoms with E-state index in [2.05, 4.69) is 0 Å². The van der Waals surface area contributed by atoms with Crippen LogP contribution in [-0.4, -0.2) is 49.8 Å². The number of rotatable bonds is 5. The van der Waals surface area contributed by atoms with E-state index in [1.165, 1.54) is 50.1 Å². The Labute approximate surface area is 173 Å². The second-order valence-corrected chi connectivity index (χ2v) is 8.50. The van der Waals surface area contributed by atoms with E-state index in [9.17, 15) is 9.90 Å². The minimum absolute atomic E-state index is 0.112. The number of hydrogen-bond acceptors (Lipinski definition) is 2. The number of aromatic hydroxyl groups is 1. The highest BCUT2D eigenvalue weighted by Crippen LogP contribution is 2.26. The smallest absolute Gasteiger partial charge is 0.286 e. The van der Waals surface area contributed by atoms with Crippen LogP contribution in [0.15, 0.2) is 54.6 Å². The summed E-state index contributed by atoms with van der Waals surface area (Å²) in [6.45, 7) is 5.34. The molecule has 2 aliphatic heterocycles. The molecule has 2 heterocycles. The Morgan fingerprint density at radius 2 is 1.48 bits per heavy atom. The number of likely N-dealkylation sites (tertiary alicyclic amines) is 2. The molecule has 0 aromatic heterocycles. The molecule has 154 valence electrons. The molecule has 2 saturated heterocycles. The summed E-state index contributed by atoms with van der Waals surface area (Å²) in [7, 11) is 0. The number of quaternary nitrogens is 2. The topological polar surface area (TPSA) is 49.4 Å². The molecule has 5 nitrogen and oxygen atoms in total. The van der Waals surface area contributed by atoms with Crippen LogP contribution in [0.1, 0.15) is 32.1 Å². The van der Waals surface area contributed by atoms with Gasteiger partial charge in [-0.05, 0) is 55.7 Å². The van der Waals surface area contributed by atoms with Gasteiger partial charge in [0.1, 0.15) is 5.75 Å². The fourth-order valence-electron chi connectivity index (χ4n) is 4.93. The van der Waals surface area contributed by atoms with Crippen molar-refractivity contribution in [2.24, 2.45) is 0 Å². The minimum Gasteiger partial charge on any atom is -0.508 e. The highest BCUT2D eigenvalue weighted by molar-refractivity contribution is 6.01. The maximum Gasteiger partial charge on any atom is 0.286 e. The predicted molar refractivity (Wildman–Crippen MR) is 115 cm³/mol. The summed E-state index contributed by atoms with van der Waals surface area (Å²) in [6.07, 6.45) is 6.60. The molecule has 0 spiro atoms. The van der Waals surface area contributed by atoms with Gasteiger partial charge in [-0.3, -0.25) is 9.69 Å². The molecule has 0 saturated carbocycles. The van der Waals surface area contributed by atoms with Gasteiger partial charge in [-0.15, -0.1) is 0 Å². The first-order valence-corrected chi connectivity index (χ1v) is 11.1. The Morgan fingerprint density at radius 3 is 2.14 bits per heavy atom. The standard InChI is InChI=1S/C24H31N3O2/c28-23-11-9-22(10-12-23)27(21-7-3-1-4-8-21)24(29)19-25-17-13-20(14-18-25)26-15-5-2-6-16-26/h1,3-4,7-12,20,28H,2,5-6,13-19H2/p+2. The normalized spacial score (nSPS) is 22.9. The summed E-state index contributed by atoms with van der Waals surface area (Å²) in [6, 6.07) is 17.5. The quantitative estimate of drug-likeness (QED) is 0.712. The highest BCUT2D eigenvalue weighted by Gasteiger charge is 2.32. The molecular weight excluding hydrogens is 362 g/mol. The lowest BCUT2D eigenvalue weighted by molar-refractivity contribution is -0.958. The Kier molecular flexibility index (Phi) is 6.47. The number of phenols is 1. The zero-order chi connectivity index (χ0) is 20.1. The average molecular weight is 396 g/mol. The van der Waals surface area contributed by atoms with Crippen molar-refractivity contribution in [3.63, 3.8) is 0 Å². The number of nitrogens with one attached hydrogen (secondary N) is 2. The van der Waals surface area contributed by atoms with Crippen molar-refractivity contribution in [1.82, 2.24) is 0 Å². The molecule has 2 aromatic rings. The van der Waals surface area contributed by atoms with Crippen LogP contribution in [0.3, 0.4) is 0 Å². The zero-order valence-corrected chi connectivity index (χ0v) is 17.1. The van der Waals surface area contributed by atoms with Crippen molar-refractivity contribution in [3.8, 4) is 5.75 Å². The summed E-state index contributed by atoms with van der Waals surface area (Å²) >= 11 is 0. The maximum atomic E-state index is 13.3. The molecule has 29 heavy (non-hydrogen) atoms. The Hall–Kier alpha value is -2.37. The lowest BCUT2D eigenvalue weighted by Crippen LogP contribution is -3.21. The monoisotopic (exact) mass is 395 g/mol. The first-order chi connectivity index (χ1) is 14.2. The number of piperidine rings is 2. The third-order valence-electron chi connectivity index (χ3n) is 6.54. The number of carbonyl (C=O) groups excluding carboxylic acids is 1. The van der Waals surface area contributed by atoms with E-state index in [1.54, 1.807) is 21.9 Å². The molecular formula is C24H33N3O2+2. The number of hydrogen-bond donors (Lipinski definition) is 3. The minimum atomic E-state index is 0.112. The number of phenolic OH excluding ortho intramolecular Hbond substituents is 1. The zero-order valence-electron chi connectivity index (χ0n) is 17.1. The number of carbonyl (C=O) groups is 1. The van der Waals surface area contributed by atoms with Crippen LogP contribution in [0.2, 0.25) is 0 Å². The summed E-state index contributed by atoms with van der Waals surface area (Å²) in [5.74, 6) is 0.322. The van der Waals surface area contributed by atoms with Gasteiger partial charge in [0.15, 0.2) is 6.54 Å². The van der Waals surface area contributed by atoms with E-state index in [0.717, 1.165) is 30.5 Å². The van der Waals surface area contributed by atoms with Crippen LogP contribution in [0, 0.1) is 0 Å². The van der Waals surface area contributed by atoms with Crippen molar-refractivity contribution in [2.45, 2.75) is 38.1 Å². The molecule has 0 radical (unpaired) electrons. The number of nitrogens with zero attached hydrogens (tertiary/aromatic N) is 1. The van der Waals surface area contributed by atoms with Crippen molar-refractivity contribution in [2.75, 3.05) is 37.6 Å². The first-order valence-electron chi connectivity index (χ1n) is 11.1. The SMILES string of the molecule is O=C(C[NH+]1CCC([NH+]2CCCCC2)CC1)N(c1ccccc1)c1ccc(O)cc1. The first kappa shape index (κ1) is 19.9. The second kappa shape index (κ2) is 9.42. The average Bonchev–Trinajstić information content (AvgIpc) is 2.77. The van der Waals surface area contributed by atoms with E-state index in [4.69, 9.17) is 0 Å². The van der Waals surface area contributed by atoms with Gasteiger partial charge in [-0.1, -0.05) is 18.2 Å². The molecule has 2 aromatic carbocycles. The number of anilines is 2. The van der Waals surface area contributed by atoms with Gasteiger partial charge in [0.05, 0.1) is 32.2 Å². The second-order valence-electron chi connectivity index (χ2n) is 8.50. The Balaban J connectivity index is 1.41. The van der Waals surface area contributed by atoms with Gasteiger partial charge < -0.3 is 14.9 Å². The Morgan fingerprint density at radius 1 is 0.862 bits per heavy atom.